The van der Waals surface area contributed by atoms with E-state index in [0.29, 0.717) is 30.9 Å². The smallest absolute Gasteiger partial charge is 0.264 e. The first kappa shape index (κ1) is 17.8. The van der Waals surface area contributed by atoms with Crippen molar-refractivity contribution in [3.8, 4) is 11.5 Å². The Bertz CT molecular complexity index is 745. The standard InChI is InChI=1S/C16H24N4O4S/c1-23-14-8-7-13(9-15(14)24-2)25(21,22)19-16-17-10-20(11-18-16)12-5-3-4-6-12/h7-9,12H,3-6,10-11H2,1-2H3,(H2,17,18,19). The molecule has 1 aromatic carbocycles. The lowest BCUT2D eigenvalue weighted by molar-refractivity contribution is 0.190. The minimum Gasteiger partial charge on any atom is -0.493 e. The van der Waals surface area contributed by atoms with Gasteiger partial charge in [0.15, 0.2) is 11.5 Å². The highest BCUT2D eigenvalue weighted by Crippen LogP contribution is 2.29. The van der Waals surface area contributed by atoms with Gasteiger partial charge in [-0.05, 0) is 25.0 Å². The maximum Gasteiger partial charge on any atom is 0.264 e. The third-order valence-electron chi connectivity index (χ3n) is 4.60. The van der Waals surface area contributed by atoms with Gasteiger partial charge in [-0.3, -0.25) is 4.90 Å². The summed E-state index contributed by atoms with van der Waals surface area (Å²) in [5.41, 5.74) is 0. The van der Waals surface area contributed by atoms with Crippen molar-refractivity contribution in [2.24, 2.45) is 4.99 Å². The third-order valence-corrected chi connectivity index (χ3v) is 5.93. The van der Waals surface area contributed by atoms with E-state index in [1.165, 1.54) is 52.0 Å². The Balaban J connectivity index is 1.69. The fourth-order valence-corrected chi connectivity index (χ4v) is 4.21. The number of nitrogens with zero attached hydrogens (tertiary/aromatic N) is 2. The molecule has 3 rings (SSSR count). The summed E-state index contributed by atoms with van der Waals surface area (Å²) in [5.74, 6) is 1.10. The van der Waals surface area contributed by atoms with Gasteiger partial charge in [-0.15, -0.1) is 0 Å². The van der Waals surface area contributed by atoms with E-state index >= 15 is 0 Å². The van der Waals surface area contributed by atoms with Gasteiger partial charge < -0.3 is 14.8 Å². The van der Waals surface area contributed by atoms with Crippen molar-refractivity contribution in [2.75, 3.05) is 27.6 Å². The van der Waals surface area contributed by atoms with Gasteiger partial charge in [0.05, 0.1) is 32.5 Å². The molecule has 1 aromatic rings. The number of benzene rings is 1. The van der Waals surface area contributed by atoms with Crippen LogP contribution in [0.4, 0.5) is 0 Å². The topological polar surface area (TPSA) is 92.3 Å². The first-order valence-corrected chi connectivity index (χ1v) is 9.79. The average Bonchev–Trinajstić information content (AvgIpc) is 3.16. The summed E-state index contributed by atoms with van der Waals surface area (Å²) in [6, 6.07) is 5.00. The summed E-state index contributed by atoms with van der Waals surface area (Å²) in [5, 5.41) is 3.05. The molecule has 0 radical (unpaired) electrons. The fraction of sp³-hybridized carbons (Fsp3) is 0.562. The molecule has 0 spiro atoms. The highest BCUT2D eigenvalue weighted by atomic mass is 32.2. The molecule has 0 aromatic heterocycles. The molecule has 0 bridgehead atoms. The largest absolute Gasteiger partial charge is 0.493 e. The summed E-state index contributed by atoms with van der Waals surface area (Å²) in [7, 11) is -0.786. The second-order valence-electron chi connectivity index (χ2n) is 6.13. The van der Waals surface area contributed by atoms with E-state index in [0.717, 1.165) is 0 Å². The van der Waals surface area contributed by atoms with Crippen LogP contribution in [0.25, 0.3) is 0 Å². The molecule has 138 valence electrons. The van der Waals surface area contributed by atoms with Crippen molar-refractivity contribution < 1.29 is 17.9 Å². The van der Waals surface area contributed by atoms with E-state index in [2.05, 4.69) is 19.9 Å². The Morgan fingerprint density at radius 3 is 2.52 bits per heavy atom. The third kappa shape index (κ3) is 3.98. The van der Waals surface area contributed by atoms with Gasteiger partial charge in [0.1, 0.15) is 0 Å². The number of guanidine groups is 1. The molecule has 25 heavy (non-hydrogen) atoms. The van der Waals surface area contributed by atoms with Gasteiger partial charge in [0.25, 0.3) is 10.0 Å². The summed E-state index contributed by atoms with van der Waals surface area (Å²) in [6.07, 6.45) is 4.88. The molecule has 9 heteroatoms. The van der Waals surface area contributed by atoms with Gasteiger partial charge in [-0.1, -0.05) is 12.8 Å². The molecule has 2 N–H and O–H groups in total. The van der Waals surface area contributed by atoms with Crippen LogP contribution < -0.4 is 19.5 Å². The normalized spacial score (nSPS) is 19.2. The Hall–Kier alpha value is -2.00. The molecule has 0 unspecified atom stereocenters. The Labute approximate surface area is 148 Å². The molecule has 1 aliphatic heterocycles. The van der Waals surface area contributed by atoms with E-state index in [1.54, 1.807) is 6.07 Å². The second kappa shape index (κ2) is 7.49. The maximum atomic E-state index is 12.6. The van der Waals surface area contributed by atoms with E-state index in [-0.39, 0.29) is 10.9 Å². The van der Waals surface area contributed by atoms with Crippen molar-refractivity contribution in [3.63, 3.8) is 0 Å². The number of aliphatic imine (C=N–C) groups is 1. The predicted octanol–water partition coefficient (Wildman–Crippen LogP) is 1.10. The van der Waals surface area contributed by atoms with Crippen LogP contribution in [0.3, 0.4) is 0 Å². The SMILES string of the molecule is COc1ccc(S(=O)(=O)NC2=NCN(C3CCCC3)CN2)cc1OC. The lowest BCUT2D eigenvalue weighted by atomic mass is 10.2. The highest BCUT2D eigenvalue weighted by molar-refractivity contribution is 7.90. The Morgan fingerprint density at radius 2 is 1.92 bits per heavy atom. The summed E-state index contributed by atoms with van der Waals surface area (Å²) in [4.78, 5) is 6.66. The van der Waals surface area contributed by atoms with Crippen LogP contribution >= 0.6 is 0 Å². The summed E-state index contributed by atoms with van der Waals surface area (Å²) in [6.45, 7) is 1.10. The molecule has 1 saturated carbocycles. The minimum absolute atomic E-state index is 0.0906. The van der Waals surface area contributed by atoms with Crippen molar-refractivity contribution in [1.29, 1.82) is 0 Å². The van der Waals surface area contributed by atoms with Crippen LogP contribution in [0.15, 0.2) is 28.1 Å². The molecule has 1 fully saturated rings. The molecule has 0 saturated heterocycles. The van der Waals surface area contributed by atoms with Crippen LogP contribution in [0.2, 0.25) is 0 Å². The van der Waals surface area contributed by atoms with Crippen molar-refractivity contribution in [1.82, 2.24) is 14.9 Å². The van der Waals surface area contributed by atoms with E-state index in [9.17, 15) is 8.42 Å². The number of rotatable bonds is 5. The van der Waals surface area contributed by atoms with Crippen molar-refractivity contribution in [3.05, 3.63) is 18.2 Å². The molecule has 1 heterocycles. The van der Waals surface area contributed by atoms with Gasteiger partial charge in [0.2, 0.25) is 5.96 Å². The van der Waals surface area contributed by atoms with E-state index in [4.69, 9.17) is 9.47 Å². The molecular formula is C16H24N4O4S. The number of nitrogens with one attached hydrogen (secondary N) is 2. The molecule has 2 aliphatic rings. The lowest BCUT2D eigenvalue weighted by Crippen LogP contribution is -2.52. The number of hydrogen-bond acceptors (Lipinski definition) is 7. The first-order valence-electron chi connectivity index (χ1n) is 8.30. The van der Waals surface area contributed by atoms with Crippen LogP contribution in [0, 0.1) is 0 Å². The summed E-state index contributed by atoms with van der Waals surface area (Å²) >= 11 is 0. The van der Waals surface area contributed by atoms with Gasteiger partial charge in [0, 0.05) is 12.1 Å². The average molecular weight is 368 g/mol. The van der Waals surface area contributed by atoms with Crippen LogP contribution in [-0.4, -0.2) is 52.9 Å². The highest BCUT2D eigenvalue weighted by Gasteiger charge is 2.26. The number of sulfonamides is 1. The minimum atomic E-state index is -3.75. The van der Waals surface area contributed by atoms with Crippen molar-refractivity contribution >= 4 is 16.0 Å². The van der Waals surface area contributed by atoms with E-state index < -0.39 is 10.0 Å². The van der Waals surface area contributed by atoms with Crippen LogP contribution in [-0.2, 0) is 10.0 Å². The lowest BCUT2D eigenvalue weighted by Gasteiger charge is -2.31. The zero-order valence-electron chi connectivity index (χ0n) is 14.5. The predicted molar refractivity (Wildman–Crippen MR) is 94.3 cm³/mol. The summed E-state index contributed by atoms with van der Waals surface area (Å²) < 4.78 is 37.9. The maximum absolute atomic E-state index is 12.6. The fourth-order valence-electron chi connectivity index (χ4n) is 3.20. The molecule has 8 nitrogen and oxygen atoms in total. The molecule has 0 amide bonds. The van der Waals surface area contributed by atoms with Gasteiger partial charge >= 0.3 is 0 Å². The number of methoxy groups -OCH3 is 2. The van der Waals surface area contributed by atoms with E-state index in [1.807, 2.05) is 0 Å². The number of hydrogen-bond donors (Lipinski definition) is 2. The Kier molecular flexibility index (Phi) is 5.33. The first-order chi connectivity index (χ1) is 12.0. The Morgan fingerprint density at radius 1 is 1.20 bits per heavy atom. The monoisotopic (exact) mass is 368 g/mol. The molecule has 0 atom stereocenters. The van der Waals surface area contributed by atoms with Crippen LogP contribution in [0.5, 0.6) is 11.5 Å². The second-order valence-corrected chi connectivity index (χ2v) is 7.81. The zero-order valence-corrected chi connectivity index (χ0v) is 15.3. The van der Waals surface area contributed by atoms with Gasteiger partial charge in [-0.25, -0.2) is 18.1 Å². The number of ether oxygens (including phenoxy) is 2. The zero-order chi connectivity index (χ0) is 17.9. The molecule has 1 aliphatic carbocycles. The van der Waals surface area contributed by atoms with Crippen molar-refractivity contribution in [2.45, 2.75) is 36.6 Å². The quantitative estimate of drug-likeness (QED) is 0.809. The molecular weight excluding hydrogens is 344 g/mol. The van der Waals surface area contributed by atoms with Gasteiger partial charge in [-0.2, -0.15) is 0 Å². The van der Waals surface area contributed by atoms with Crippen LogP contribution in [0.1, 0.15) is 25.7 Å².